The first-order valence-corrected chi connectivity index (χ1v) is 11.5. The number of nitrogens with zero attached hydrogens (tertiary/aromatic N) is 3. The predicted molar refractivity (Wildman–Crippen MR) is 135 cm³/mol. The number of benzene rings is 1. The largest absolute Gasteiger partial charge is 0.462 e. The van der Waals surface area contributed by atoms with E-state index in [4.69, 9.17) is 14.5 Å². The normalized spacial score (nSPS) is 10.8. The van der Waals surface area contributed by atoms with Crippen LogP contribution in [0.4, 0.5) is 5.82 Å². The number of carbonyl (C=O) groups is 2. The predicted octanol–water partition coefficient (Wildman–Crippen LogP) is 3.79. The Labute approximate surface area is 204 Å². The van der Waals surface area contributed by atoms with Crippen LogP contribution in [-0.4, -0.2) is 41.1 Å². The number of allylic oxidation sites excluding steroid dienone is 1. The van der Waals surface area contributed by atoms with Crippen molar-refractivity contribution in [3.8, 4) is 0 Å². The average Bonchev–Trinajstić information content (AvgIpc) is 2.86. The number of hydrogen-bond acceptors (Lipinski definition) is 7. The fourth-order valence-electron chi connectivity index (χ4n) is 3.48. The number of hydrogen-bond donors (Lipinski definition) is 0. The highest BCUT2D eigenvalue weighted by molar-refractivity contribution is 6.18. The zero-order valence-electron chi connectivity index (χ0n) is 20.1. The van der Waals surface area contributed by atoms with E-state index in [9.17, 15) is 14.4 Å². The highest BCUT2D eigenvalue weighted by Gasteiger charge is 2.25. The zero-order chi connectivity index (χ0) is 25.2. The van der Waals surface area contributed by atoms with Crippen molar-refractivity contribution in [2.75, 3.05) is 24.7 Å². The van der Waals surface area contributed by atoms with Crippen LogP contribution in [0.5, 0.6) is 0 Å². The summed E-state index contributed by atoms with van der Waals surface area (Å²) in [4.78, 5) is 45.6. The van der Waals surface area contributed by atoms with E-state index in [-0.39, 0.29) is 24.4 Å². The van der Waals surface area contributed by atoms with Gasteiger partial charge < -0.3 is 14.4 Å². The molecule has 0 fully saturated rings. The van der Waals surface area contributed by atoms with Gasteiger partial charge in [-0.3, -0.25) is 9.20 Å². The molecule has 0 bridgehead atoms. The molecule has 2 heterocycles. The summed E-state index contributed by atoms with van der Waals surface area (Å²) in [5.41, 5.74) is 0.755. The molecule has 2 aromatic heterocycles. The number of pyridine rings is 1. The summed E-state index contributed by atoms with van der Waals surface area (Å²) in [6.45, 7) is 6.22. The molecule has 35 heavy (non-hydrogen) atoms. The molecule has 182 valence electrons. The summed E-state index contributed by atoms with van der Waals surface area (Å²) >= 11 is 0. The zero-order valence-corrected chi connectivity index (χ0v) is 20.1. The second-order valence-electron chi connectivity index (χ2n) is 7.52. The van der Waals surface area contributed by atoms with Crippen LogP contribution in [0.25, 0.3) is 11.7 Å². The van der Waals surface area contributed by atoms with Gasteiger partial charge in [-0.15, -0.1) is 0 Å². The highest BCUT2D eigenvalue weighted by Crippen LogP contribution is 2.22. The third-order valence-electron chi connectivity index (χ3n) is 5.11. The molecule has 0 saturated carbocycles. The first-order chi connectivity index (χ1) is 17.0. The van der Waals surface area contributed by atoms with E-state index in [0.717, 1.165) is 5.56 Å². The van der Waals surface area contributed by atoms with E-state index in [1.807, 2.05) is 54.3 Å². The first kappa shape index (κ1) is 25.4. The van der Waals surface area contributed by atoms with Crippen LogP contribution in [0.15, 0.2) is 77.2 Å². The maximum absolute atomic E-state index is 13.6. The Hall–Kier alpha value is -4.20. The number of aromatic nitrogens is 2. The van der Waals surface area contributed by atoms with Crippen LogP contribution in [0.1, 0.15) is 31.9 Å². The number of ether oxygens (including phenoxy) is 2. The number of carbonyl (C=O) groups excluding carboxylic acids is 2. The summed E-state index contributed by atoms with van der Waals surface area (Å²) in [5, 5.41) is 0. The second kappa shape index (κ2) is 12.3. The number of fused-ring (bicyclic) bond motifs is 1. The van der Waals surface area contributed by atoms with Gasteiger partial charge in [-0.1, -0.05) is 48.6 Å². The van der Waals surface area contributed by atoms with Crippen molar-refractivity contribution in [1.82, 2.24) is 9.38 Å². The van der Waals surface area contributed by atoms with Crippen LogP contribution in [0.2, 0.25) is 0 Å². The van der Waals surface area contributed by atoms with Gasteiger partial charge in [0.2, 0.25) is 0 Å². The van der Waals surface area contributed by atoms with Crippen molar-refractivity contribution in [2.45, 2.75) is 27.3 Å². The van der Waals surface area contributed by atoms with Crippen LogP contribution in [0, 0.1) is 0 Å². The third-order valence-corrected chi connectivity index (χ3v) is 5.11. The molecular weight excluding hydrogens is 446 g/mol. The van der Waals surface area contributed by atoms with Crippen molar-refractivity contribution in [3.05, 3.63) is 93.9 Å². The van der Waals surface area contributed by atoms with Gasteiger partial charge in [0.1, 0.15) is 17.0 Å². The van der Waals surface area contributed by atoms with Crippen molar-refractivity contribution in [3.63, 3.8) is 0 Å². The maximum atomic E-state index is 13.6. The quantitative estimate of drug-likeness (QED) is 0.145. The molecule has 0 aliphatic rings. The molecule has 0 atom stereocenters. The molecule has 0 unspecified atom stereocenters. The Bertz CT molecular complexity index is 1280. The van der Waals surface area contributed by atoms with Gasteiger partial charge in [-0.2, -0.15) is 0 Å². The van der Waals surface area contributed by atoms with Gasteiger partial charge in [-0.05, 0) is 44.5 Å². The molecule has 0 saturated heterocycles. The molecule has 0 spiro atoms. The van der Waals surface area contributed by atoms with Gasteiger partial charge in [-0.25, -0.2) is 14.6 Å². The lowest BCUT2D eigenvalue weighted by molar-refractivity contribution is -0.146. The Kier molecular flexibility index (Phi) is 8.95. The summed E-state index contributed by atoms with van der Waals surface area (Å²) < 4.78 is 11.5. The topological polar surface area (TPSA) is 90.2 Å². The molecule has 0 aliphatic heterocycles. The number of anilines is 1. The van der Waals surface area contributed by atoms with Gasteiger partial charge in [0.05, 0.1) is 18.8 Å². The van der Waals surface area contributed by atoms with Gasteiger partial charge in [0.15, 0.2) is 0 Å². The van der Waals surface area contributed by atoms with E-state index < -0.39 is 17.5 Å². The number of rotatable bonds is 10. The monoisotopic (exact) mass is 475 g/mol. The smallest absolute Gasteiger partial charge is 0.345 e. The van der Waals surface area contributed by atoms with Gasteiger partial charge in [0, 0.05) is 19.3 Å². The van der Waals surface area contributed by atoms with Crippen molar-refractivity contribution >= 4 is 29.5 Å². The average molecular weight is 476 g/mol. The molecule has 3 rings (SSSR count). The van der Waals surface area contributed by atoms with E-state index in [2.05, 4.69) is 0 Å². The van der Waals surface area contributed by atoms with Crippen LogP contribution < -0.4 is 10.5 Å². The summed E-state index contributed by atoms with van der Waals surface area (Å²) in [6, 6.07) is 15.0. The molecular formula is C27H29N3O5. The molecule has 0 amide bonds. The fraction of sp³-hybridized carbons (Fsp3) is 0.259. The molecule has 3 aromatic rings. The molecule has 0 aliphatic carbocycles. The minimum Gasteiger partial charge on any atom is -0.462 e. The minimum atomic E-state index is -0.863. The van der Waals surface area contributed by atoms with Crippen LogP contribution >= 0.6 is 0 Å². The lowest BCUT2D eigenvalue weighted by Crippen LogP contribution is -2.30. The molecule has 0 N–H and O–H groups in total. The second-order valence-corrected chi connectivity index (χ2v) is 7.52. The molecule has 8 heteroatoms. The van der Waals surface area contributed by atoms with Crippen molar-refractivity contribution in [2.24, 2.45) is 0 Å². The Morgan fingerprint density at radius 2 is 1.66 bits per heavy atom. The third kappa shape index (κ3) is 6.23. The van der Waals surface area contributed by atoms with Crippen LogP contribution in [0.3, 0.4) is 0 Å². The van der Waals surface area contributed by atoms with Crippen LogP contribution in [-0.2, 0) is 25.6 Å². The Balaban J connectivity index is 2.28. The number of esters is 2. The molecule has 1 aromatic carbocycles. The summed E-state index contributed by atoms with van der Waals surface area (Å²) in [6.07, 6.45) is 6.67. The minimum absolute atomic E-state index is 0.0683. The lowest BCUT2D eigenvalue weighted by atomic mass is 10.1. The van der Waals surface area contributed by atoms with E-state index >= 15 is 0 Å². The Morgan fingerprint density at radius 3 is 2.29 bits per heavy atom. The summed E-state index contributed by atoms with van der Waals surface area (Å²) in [7, 11) is 0. The van der Waals surface area contributed by atoms with Gasteiger partial charge in [0.25, 0.3) is 5.56 Å². The van der Waals surface area contributed by atoms with Gasteiger partial charge >= 0.3 is 11.9 Å². The van der Waals surface area contributed by atoms with Crippen molar-refractivity contribution < 1.29 is 19.1 Å². The Morgan fingerprint density at radius 1 is 1.00 bits per heavy atom. The van der Waals surface area contributed by atoms with E-state index in [0.29, 0.717) is 24.6 Å². The molecule has 0 radical (unpaired) electrons. The fourth-order valence-corrected chi connectivity index (χ4v) is 3.48. The lowest BCUT2D eigenvalue weighted by Gasteiger charge is -2.24. The van der Waals surface area contributed by atoms with E-state index in [1.54, 1.807) is 38.2 Å². The maximum Gasteiger partial charge on any atom is 0.345 e. The standard InChI is InChI=1S/C27H29N3O5/c1-4-7-16-29(19-20-13-9-8-10-14-20)24-21(25(31)30-17-12-11-15-23(30)28-24)18-22(26(32)34-5-2)27(33)35-6-3/h4,7-15,17-18H,5-6,16,19H2,1-3H3/b7-4+. The molecule has 8 nitrogen and oxygen atoms in total. The van der Waals surface area contributed by atoms with E-state index in [1.165, 1.54) is 10.5 Å². The SMILES string of the molecule is C/C=C/CN(Cc1ccccc1)c1nc2ccccn2c(=O)c1C=C(C(=O)OCC)C(=O)OCC. The summed E-state index contributed by atoms with van der Waals surface area (Å²) in [5.74, 6) is -1.38. The van der Waals surface area contributed by atoms with Crippen molar-refractivity contribution in [1.29, 1.82) is 0 Å². The highest BCUT2D eigenvalue weighted by atomic mass is 16.6. The first-order valence-electron chi connectivity index (χ1n) is 11.5.